The summed E-state index contributed by atoms with van der Waals surface area (Å²) >= 11 is 0. The van der Waals surface area contributed by atoms with Crippen molar-refractivity contribution in [3.05, 3.63) is 96.1 Å². The van der Waals surface area contributed by atoms with Crippen LogP contribution in [-0.2, 0) is 51.2 Å². The lowest BCUT2D eigenvalue weighted by molar-refractivity contribution is -0.142. The molecule has 71 heavy (non-hydrogen) atoms. The lowest BCUT2D eigenvalue weighted by atomic mass is 9.99. The van der Waals surface area contributed by atoms with Crippen molar-refractivity contribution in [3.63, 3.8) is 0 Å². The van der Waals surface area contributed by atoms with Crippen LogP contribution in [0.5, 0.6) is 0 Å². The van der Waals surface area contributed by atoms with E-state index in [2.05, 4.69) is 26.6 Å². The Balaban J connectivity index is 1.29. The molecule has 11 N–H and O–H groups in total. The van der Waals surface area contributed by atoms with Crippen LogP contribution < -0.4 is 38.1 Å². The lowest BCUT2D eigenvalue weighted by Crippen LogP contribution is -2.59. The first-order valence-corrected chi connectivity index (χ1v) is 25.1. The fourth-order valence-corrected chi connectivity index (χ4v) is 8.15. The maximum Gasteiger partial charge on any atom is 0.326 e. The molecule has 0 heterocycles. The molecule has 0 unspecified atom stereocenters. The molecule has 0 fully saturated rings. The molecule has 6 atom stereocenters. The van der Waals surface area contributed by atoms with Crippen LogP contribution in [0.15, 0.2) is 84.9 Å². The van der Waals surface area contributed by atoms with E-state index in [4.69, 9.17) is 11.5 Å². The van der Waals surface area contributed by atoms with Gasteiger partial charge < -0.3 is 48.3 Å². The maximum atomic E-state index is 13.5. The second kappa shape index (κ2) is 32.3. The van der Waals surface area contributed by atoms with Gasteiger partial charge in [0.2, 0.25) is 41.4 Å². The van der Waals surface area contributed by atoms with Crippen LogP contribution in [0, 0.1) is 5.92 Å². The first kappa shape index (κ1) is 58.7. The Morgan fingerprint density at radius 1 is 0.479 bits per heavy atom. The third-order valence-corrected chi connectivity index (χ3v) is 12.1. The number of carboxylic acid groups (broad SMARTS) is 1. The summed E-state index contributed by atoms with van der Waals surface area (Å²) in [5.41, 5.74) is 14.5. The summed E-state index contributed by atoms with van der Waals surface area (Å²) in [6.07, 6.45) is 10.1. The van der Waals surface area contributed by atoms with Crippen molar-refractivity contribution in [2.24, 2.45) is 17.4 Å². The smallest absolute Gasteiger partial charge is 0.326 e. The molecule has 0 aliphatic heterocycles. The van der Waals surface area contributed by atoms with Crippen LogP contribution in [0.25, 0.3) is 11.1 Å². The Hall–Kier alpha value is -6.62. The average molecular weight is 984 g/mol. The predicted molar refractivity (Wildman–Crippen MR) is 272 cm³/mol. The van der Waals surface area contributed by atoms with Crippen LogP contribution in [0.4, 0.5) is 0 Å². The molecular formula is C54H77N7O10. The van der Waals surface area contributed by atoms with Gasteiger partial charge in [-0.15, -0.1) is 0 Å². The normalized spacial score (nSPS) is 13.6. The zero-order valence-electron chi connectivity index (χ0n) is 41.7. The minimum absolute atomic E-state index is 0.0216. The number of aliphatic hydroxyl groups excluding tert-OH is 1. The van der Waals surface area contributed by atoms with E-state index in [1.807, 2.05) is 68.4 Å². The van der Waals surface area contributed by atoms with Crippen molar-refractivity contribution < 1.29 is 48.6 Å². The molecule has 0 spiro atoms. The zero-order chi connectivity index (χ0) is 52.1. The number of hydrogen-bond donors (Lipinski definition) is 9. The highest BCUT2D eigenvalue weighted by Crippen LogP contribution is 2.20. The monoisotopic (exact) mass is 984 g/mol. The molecule has 7 amide bonds. The third-order valence-electron chi connectivity index (χ3n) is 12.1. The summed E-state index contributed by atoms with van der Waals surface area (Å²) in [5.74, 6) is -5.70. The van der Waals surface area contributed by atoms with Crippen molar-refractivity contribution in [2.45, 2.75) is 173 Å². The average Bonchev–Trinajstić information content (AvgIpc) is 3.32. The van der Waals surface area contributed by atoms with Crippen LogP contribution >= 0.6 is 0 Å². The van der Waals surface area contributed by atoms with Gasteiger partial charge in [-0.1, -0.05) is 163 Å². The topological polar surface area (TPSA) is 289 Å². The quantitative estimate of drug-likeness (QED) is 0.0360. The Morgan fingerprint density at radius 3 is 1.38 bits per heavy atom. The number of hydrogen-bond acceptors (Lipinski definition) is 9. The number of nitrogens with two attached hydrogens (primary N) is 2. The minimum Gasteiger partial charge on any atom is -0.480 e. The largest absolute Gasteiger partial charge is 0.480 e. The third kappa shape index (κ3) is 23.7. The van der Waals surface area contributed by atoms with Gasteiger partial charge >= 0.3 is 5.97 Å². The van der Waals surface area contributed by atoms with E-state index in [0.29, 0.717) is 18.4 Å². The molecule has 0 saturated heterocycles. The molecule has 0 saturated carbocycles. The van der Waals surface area contributed by atoms with Gasteiger partial charge in [0.1, 0.15) is 30.2 Å². The standard InChI is InChI=1S/C54H77N7O10/c1-36(2)32-43(51(67)58-42(50(56)66)33-39-28-30-41(31-29-39)40-24-18-15-19-25-40)59-53(69)49(37(3)62)61-48(65)27-21-13-11-9-7-5-4-6-8-10-12-20-26-47(64)57-44(35-46(55)63)52(68)60-45(54(70)71)34-38-22-16-14-17-23-38/h14-19,22-25,28-31,36-37,42-45,49,62H,4-13,20-21,26-27,32-35H2,1-3H3,(H2,55,63)(H2,56,66)(H,57,64)(H,58,67)(H,59,69)(H,60,68)(H,61,65)(H,70,71)/t37-,42+,43+,44+,45+,49+/m1/s1. The van der Waals surface area contributed by atoms with Gasteiger partial charge in [0, 0.05) is 25.7 Å². The first-order chi connectivity index (χ1) is 33.9. The molecule has 3 aromatic rings. The summed E-state index contributed by atoms with van der Waals surface area (Å²) < 4.78 is 0. The number of amides is 7. The van der Waals surface area contributed by atoms with Crippen molar-refractivity contribution in [1.29, 1.82) is 0 Å². The van der Waals surface area contributed by atoms with E-state index < -0.39 is 84.1 Å². The van der Waals surface area contributed by atoms with Crippen LogP contribution in [0.3, 0.4) is 0 Å². The van der Waals surface area contributed by atoms with Gasteiger partial charge in [-0.2, -0.15) is 0 Å². The molecule has 0 radical (unpaired) electrons. The number of carboxylic acids is 1. The first-order valence-electron chi connectivity index (χ1n) is 25.1. The SMILES string of the molecule is CC(C)C[C@H](NC(=O)[C@@H](NC(=O)CCCCCCCCCCCCCCC(=O)N[C@@H](CC(N)=O)C(=O)N[C@@H](Cc1ccccc1)C(=O)O)[C@@H](C)O)C(=O)N[C@@H](Cc1ccc(-c2ccccc2)cc1)C(N)=O. The maximum absolute atomic E-state index is 13.5. The van der Waals surface area contributed by atoms with E-state index in [9.17, 15) is 48.6 Å². The van der Waals surface area contributed by atoms with Crippen molar-refractivity contribution >= 4 is 47.3 Å². The van der Waals surface area contributed by atoms with Crippen LogP contribution in [0.1, 0.15) is 135 Å². The van der Waals surface area contributed by atoms with Crippen molar-refractivity contribution in [1.82, 2.24) is 26.6 Å². The number of aliphatic carboxylic acids is 1. The van der Waals surface area contributed by atoms with E-state index in [1.54, 1.807) is 30.3 Å². The van der Waals surface area contributed by atoms with Crippen molar-refractivity contribution in [3.8, 4) is 11.1 Å². The lowest BCUT2D eigenvalue weighted by Gasteiger charge is -2.27. The Kier molecular flexibility index (Phi) is 26.7. The molecule has 388 valence electrons. The highest BCUT2D eigenvalue weighted by atomic mass is 16.4. The molecular weight excluding hydrogens is 907 g/mol. The van der Waals surface area contributed by atoms with Crippen molar-refractivity contribution in [2.75, 3.05) is 0 Å². The number of nitrogens with one attached hydrogen (secondary N) is 5. The molecule has 3 rings (SSSR count). The Morgan fingerprint density at radius 2 is 0.901 bits per heavy atom. The number of carbonyl (C=O) groups is 8. The zero-order valence-corrected chi connectivity index (χ0v) is 41.7. The van der Waals surface area contributed by atoms with Gasteiger partial charge in [0.25, 0.3) is 0 Å². The predicted octanol–water partition coefficient (Wildman–Crippen LogP) is 4.90. The number of aliphatic hydroxyl groups is 1. The Bertz CT molecular complexity index is 2140. The highest BCUT2D eigenvalue weighted by Gasteiger charge is 2.32. The second-order valence-electron chi connectivity index (χ2n) is 18.8. The van der Waals surface area contributed by atoms with Crippen LogP contribution in [-0.4, -0.2) is 93.8 Å². The summed E-state index contributed by atoms with van der Waals surface area (Å²) in [5, 5.41) is 33.1. The van der Waals surface area contributed by atoms with E-state index in [-0.39, 0.29) is 43.9 Å². The number of unbranched alkanes of at least 4 members (excludes halogenated alkanes) is 11. The van der Waals surface area contributed by atoms with E-state index in [0.717, 1.165) is 80.9 Å². The number of benzene rings is 3. The summed E-state index contributed by atoms with van der Waals surface area (Å²) in [6, 6.07) is 20.3. The fraction of sp³-hybridized carbons (Fsp3) is 0.519. The van der Waals surface area contributed by atoms with E-state index >= 15 is 0 Å². The summed E-state index contributed by atoms with van der Waals surface area (Å²) in [4.78, 5) is 101. The summed E-state index contributed by atoms with van der Waals surface area (Å²) in [6.45, 7) is 5.16. The van der Waals surface area contributed by atoms with Crippen LogP contribution in [0.2, 0.25) is 0 Å². The minimum atomic E-state index is -1.29. The summed E-state index contributed by atoms with van der Waals surface area (Å²) in [7, 11) is 0. The van der Waals surface area contributed by atoms with E-state index in [1.165, 1.54) is 6.92 Å². The van der Waals surface area contributed by atoms with Gasteiger partial charge in [-0.25, -0.2) is 4.79 Å². The second-order valence-corrected chi connectivity index (χ2v) is 18.8. The molecule has 0 aromatic heterocycles. The fourth-order valence-electron chi connectivity index (χ4n) is 8.15. The molecule has 17 heteroatoms. The molecule has 17 nitrogen and oxygen atoms in total. The number of carbonyl (C=O) groups excluding carboxylic acids is 7. The number of rotatable bonds is 35. The molecule has 0 bridgehead atoms. The number of primary amides is 2. The van der Waals surface area contributed by atoms with Gasteiger partial charge in [0.05, 0.1) is 12.5 Å². The van der Waals surface area contributed by atoms with Gasteiger partial charge in [-0.3, -0.25) is 33.6 Å². The molecule has 0 aliphatic rings. The highest BCUT2D eigenvalue weighted by molar-refractivity contribution is 5.95. The van der Waals surface area contributed by atoms with Gasteiger partial charge in [0.15, 0.2) is 0 Å². The van der Waals surface area contributed by atoms with Gasteiger partial charge in [-0.05, 0) is 54.4 Å². The Labute approximate surface area is 418 Å². The molecule has 3 aromatic carbocycles. The molecule has 0 aliphatic carbocycles.